The third-order valence-electron chi connectivity index (χ3n) is 5.65. The van der Waals surface area contributed by atoms with Crippen LogP contribution >= 0.6 is 0 Å². The number of hydrogen-bond donors (Lipinski definition) is 1. The van der Waals surface area contributed by atoms with Crippen molar-refractivity contribution in [1.29, 1.82) is 0 Å². The van der Waals surface area contributed by atoms with Crippen LogP contribution in [0.1, 0.15) is 77.8 Å². The van der Waals surface area contributed by atoms with E-state index in [1.807, 2.05) is 26.8 Å². The molecule has 0 saturated heterocycles. The quantitative estimate of drug-likeness (QED) is 0.590. The Morgan fingerprint density at radius 3 is 2.44 bits per heavy atom. The number of benzene rings is 1. The first kappa shape index (κ1) is 21.7. The standard InChI is InChI=1S/C21H32O2.CH5N/c1-7-21(13-9-8-10-16(21)3)18-14-17(12-11-15(18)2)23-19(22)20(4,5)6;1-2/h11-12,14,16H,7-10,13H2,1-6H3;2H2,1H3. The number of hydrogen-bond acceptors (Lipinski definition) is 3. The van der Waals surface area contributed by atoms with Gasteiger partial charge in [0.2, 0.25) is 0 Å². The highest BCUT2D eigenvalue weighted by Gasteiger charge is 2.39. The average Bonchev–Trinajstić information content (AvgIpc) is 2.58. The summed E-state index contributed by atoms with van der Waals surface area (Å²) in [7, 11) is 1.50. The first-order valence-corrected chi connectivity index (χ1v) is 9.62. The fourth-order valence-corrected chi connectivity index (χ4v) is 3.99. The minimum Gasteiger partial charge on any atom is -0.426 e. The second kappa shape index (κ2) is 8.84. The third-order valence-corrected chi connectivity index (χ3v) is 5.65. The van der Waals surface area contributed by atoms with Crippen LogP contribution in [0.25, 0.3) is 0 Å². The van der Waals surface area contributed by atoms with E-state index in [4.69, 9.17) is 4.74 Å². The van der Waals surface area contributed by atoms with Gasteiger partial charge >= 0.3 is 5.97 Å². The summed E-state index contributed by atoms with van der Waals surface area (Å²) in [6.45, 7) is 12.5. The van der Waals surface area contributed by atoms with Crippen LogP contribution in [0.4, 0.5) is 0 Å². The fraction of sp³-hybridized carbons (Fsp3) is 0.682. The molecule has 2 unspecified atom stereocenters. The highest BCUT2D eigenvalue weighted by Crippen LogP contribution is 2.47. The summed E-state index contributed by atoms with van der Waals surface area (Å²) in [5.74, 6) is 1.19. The number of nitrogens with two attached hydrogens (primary N) is 1. The zero-order valence-electron chi connectivity index (χ0n) is 17.2. The number of aryl methyl sites for hydroxylation is 1. The number of carbonyl (C=O) groups excluding carboxylic acids is 1. The maximum absolute atomic E-state index is 12.2. The molecule has 0 spiro atoms. The van der Waals surface area contributed by atoms with Gasteiger partial charge in [0.15, 0.2) is 0 Å². The predicted molar refractivity (Wildman–Crippen MR) is 106 cm³/mol. The summed E-state index contributed by atoms with van der Waals surface area (Å²) >= 11 is 0. The minimum absolute atomic E-state index is 0.172. The molecule has 3 nitrogen and oxygen atoms in total. The Kier molecular flexibility index (Phi) is 7.67. The molecule has 2 atom stereocenters. The van der Waals surface area contributed by atoms with Crippen LogP contribution in [0, 0.1) is 18.3 Å². The maximum atomic E-state index is 12.2. The van der Waals surface area contributed by atoms with Crippen molar-refractivity contribution in [2.75, 3.05) is 7.05 Å². The Morgan fingerprint density at radius 2 is 1.92 bits per heavy atom. The largest absolute Gasteiger partial charge is 0.426 e. The summed E-state index contributed by atoms with van der Waals surface area (Å²) in [5, 5.41) is 0. The smallest absolute Gasteiger partial charge is 0.316 e. The number of carbonyl (C=O) groups is 1. The van der Waals surface area contributed by atoms with Gasteiger partial charge in [-0.05, 0) is 88.6 Å². The van der Waals surface area contributed by atoms with Crippen LogP contribution in [-0.2, 0) is 10.2 Å². The molecule has 0 amide bonds. The van der Waals surface area contributed by atoms with Gasteiger partial charge in [0, 0.05) is 0 Å². The van der Waals surface area contributed by atoms with Gasteiger partial charge in [-0.1, -0.05) is 32.8 Å². The van der Waals surface area contributed by atoms with Gasteiger partial charge < -0.3 is 10.5 Å². The first-order valence-electron chi connectivity index (χ1n) is 9.62. The van der Waals surface area contributed by atoms with Gasteiger partial charge in [0.05, 0.1) is 5.41 Å². The molecule has 1 fully saturated rings. The molecule has 1 aromatic rings. The van der Waals surface area contributed by atoms with Gasteiger partial charge in [0.1, 0.15) is 5.75 Å². The van der Waals surface area contributed by atoms with E-state index in [9.17, 15) is 4.79 Å². The summed E-state index contributed by atoms with van der Waals surface area (Å²) in [5.41, 5.74) is 6.94. The van der Waals surface area contributed by atoms with Crippen molar-refractivity contribution in [3.8, 4) is 5.75 Å². The Hall–Kier alpha value is -1.35. The Morgan fingerprint density at radius 1 is 1.28 bits per heavy atom. The summed E-state index contributed by atoms with van der Waals surface area (Å²) in [6.07, 6.45) is 6.30. The van der Waals surface area contributed by atoms with E-state index in [1.54, 1.807) is 0 Å². The molecular formula is C22H37NO2. The second-order valence-corrected chi connectivity index (χ2v) is 8.27. The number of esters is 1. The molecule has 3 heteroatoms. The molecule has 0 aromatic heterocycles. The van der Waals surface area contributed by atoms with E-state index in [1.165, 1.54) is 43.9 Å². The van der Waals surface area contributed by atoms with Gasteiger partial charge in [-0.25, -0.2) is 0 Å². The molecule has 0 radical (unpaired) electrons. The van der Waals surface area contributed by atoms with E-state index in [0.29, 0.717) is 11.7 Å². The molecular weight excluding hydrogens is 310 g/mol. The highest BCUT2D eigenvalue weighted by molar-refractivity contribution is 5.77. The van der Waals surface area contributed by atoms with Crippen molar-refractivity contribution in [2.45, 2.75) is 79.1 Å². The van der Waals surface area contributed by atoms with E-state index < -0.39 is 5.41 Å². The van der Waals surface area contributed by atoms with E-state index in [2.05, 4.69) is 38.6 Å². The summed E-state index contributed by atoms with van der Waals surface area (Å²) in [4.78, 5) is 12.2. The van der Waals surface area contributed by atoms with E-state index in [-0.39, 0.29) is 11.4 Å². The SMILES string of the molecule is CCC1(c2cc(OC(=O)C(C)(C)C)ccc2C)CCCCC1C.CN. The van der Waals surface area contributed by atoms with Gasteiger partial charge in [-0.2, -0.15) is 0 Å². The molecule has 1 aromatic carbocycles. The minimum atomic E-state index is -0.481. The molecule has 0 bridgehead atoms. The summed E-state index contributed by atoms with van der Waals surface area (Å²) in [6, 6.07) is 6.17. The Bertz CT molecular complexity index is 574. The van der Waals surface area contributed by atoms with Crippen LogP contribution in [-0.4, -0.2) is 13.0 Å². The van der Waals surface area contributed by atoms with Gasteiger partial charge in [0.25, 0.3) is 0 Å². The normalized spacial score (nSPS) is 23.4. The lowest BCUT2D eigenvalue weighted by atomic mass is 9.61. The van der Waals surface area contributed by atoms with Gasteiger partial charge in [-0.3, -0.25) is 4.79 Å². The van der Waals surface area contributed by atoms with Crippen molar-refractivity contribution in [3.63, 3.8) is 0 Å². The lowest BCUT2D eigenvalue weighted by Crippen LogP contribution is -2.36. The topological polar surface area (TPSA) is 52.3 Å². The molecule has 25 heavy (non-hydrogen) atoms. The predicted octanol–water partition coefficient (Wildman–Crippen LogP) is 5.38. The van der Waals surface area contributed by atoms with Crippen molar-refractivity contribution in [3.05, 3.63) is 29.3 Å². The van der Waals surface area contributed by atoms with Gasteiger partial charge in [-0.15, -0.1) is 0 Å². The van der Waals surface area contributed by atoms with Crippen molar-refractivity contribution < 1.29 is 9.53 Å². The van der Waals surface area contributed by atoms with Crippen LogP contribution in [0.2, 0.25) is 0 Å². The van der Waals surface area contributed by atoms with Crippen LogP contribution in [0.3, 0.4) is 0 Å². The van der Waals surface area contributed by atoms with E-state index in [0.717, 1.165) is 6.42 Å². The molecule has 0 heterocycles. The van der Waals surface area contributed by atoms with Crippen molar-refractivity contribution in [1.82, 2.24) is 0 Å². The highest BCUT2D eigenvalue weighted by atomic mass is 16.5. The number of rotatable bonds is 3. The van der Waals surface area contributed by atoms with Crippen LogP contribution in [0.15, 0.2) is 18.2 Å². The average molecular weight is 348 g/mol. The zero-order valence-corrected chi connectivity index (χ0v) is 17.2. The second-order valence-electron chi connectivity index (χ2n) is 8.27. The number of ether oxygens (including phenoxy) is 1. The van der Waals surface area contributed by atoms with Crippen LogP contribution < -0.4 is 10.5 Å². The lowest BCUT2D eigenvalue weighted by Gasteiger charge is -2.44. The van der Waals surface area contributed by atoms with Crippen molar-refractivity contribution in [2.24, 2.45) is 17.1 Å². The molecule has 0 aliphatic heterocycles. The van der Waals surface area contributed by atoms with Crippen LogP contribution in [0.5, 0.6) is 5.75 Å². The fourth-order valence-electron chi connectivity index (χ4n) is 3.99. The Balaban J connectivity index is 0.00000151. The molecule has 2 N–H and O–H groups in total. The molecule has 2 rings (SSSR count). The molecule has 1 aliphatic carbocycles. The Labute approximate surface area is 154 Å². The molecule has 1 saturated carbocycles. The monoisotopic (exact) mass is 347 g/mol. The first-order chi connectivity index (χ1) is 11.7. The van der Waals surface area contributed by atoms with E-state index >= 15 is 0 Å². The molecule has 1 aliphatic rings. The molecule has 142 valence electrons. The summed E-state index contributed by atoms with van der Waals surface area (Å²) < 4.78 is 5.65. The van der Waals surface area contributed by atoms with Crippen molar-refractivity contribution >= 4 is 5.97 Å². The zero-order chi connectivity index (χ0) is 19.3. The third kappa shape index (κ3) is 4.84. The maximum Gasteiger partial charge on any atom is 0.316 e. The lowest BCUT2D eigenvalue weighted by molar-refractivity contribution is -0.143.